The first kappa shape index (κ1) is 42.5. The van der Waals surface area contributed by atoms with E-state index in [-0.39, 0.29) is 37.5 Å². The lowest BCUT2D eigenvalue weighted by molar-refractivity contribution is -0.145. The highest BCUT2D eigenvalue weighted by Gasteiger charge is 2.48. The third-order valence-electron chi connectivity index (χ3n) is 11.5. The van der Waals surface area contributed by atoms with Crippen LogP contribution in [-0.2, 0) is 36.8 Å². The Morgan fingerprint density at radius 3 is 2.33 bits per heavy atom. The lowest BCUT2D eigenvalue weighted by atomic mass is 9.70. The Balaban J connectivity index is 1.48. The van der Waals surface area contributed by atoms with Gasteiger partial charge in [0.15, 0.2) is 0 Å². The highest BCUT2D eigenvalue weighted by atomic mass is 16.2. The van der Waals surface area contributed by atoms with Gasteiger partial charge in [0, 0.05) is 37.8 Å². The number of nitrogens with one attached hydrogen (secondary N) is 4. The minimum absolute atomic E-state index is 0.0238. The van der Waals surface area contributed by atoms with Gasteiger partial charge in [0.1, 0.15) is 23.8 Å². The molecule has 0 radical (unpaired) electrons. The summed E-state index contributed by atoms with van der Waals surface area (Å²) in [6, 6.07) is 3.60. The fraction of sp³-hybridized carbons (Fsp3) is 0.500. The predicted octanol–water partition coefficient (Wildman–Crippen LogP) is 3.40. The monoisotopic (exact) mass is 777 g/mol. The smallest absolute Gasteiger partial charge is 0.289 e. The summed E-state index contributed by atoms with van der Waals surface area (Å²) in [5.41, 5.74) is 2.55. The second-order valence-corrected chi connectivity index (χ2v) is 16.0. The van der Waals surface area contributed by atoms with Crippen LogP contribution < -0.4 is 21.3 Å². The van der Waals surface area contributed by atoms with Crippen LogP contribution in [0.4, 0.5) is 0 Å². The van der Waals surface area contributed by atoms with E-state index < -0.39 is 70.8 Å². The molecule has 13 heteroatoms. The second kappa shape index (κ2) is 19.5. The van der Waals surface area contributed by atoms with Gasteiger partial charge in [0.05, 0.1) is 12.2 Å². The van der Waals surface area contributed by atoms with E-state index in [0.717, 1.165) is 36.0 Å². The number of fused-ring (bicyclic) bond motifs is 1. The van der Waals surface area contributed by atoms with E-state index in [2.05, 4.69) is 43.7 Å². The van der Waals surface area contributed by atoms with Gasteiger partial charge in [0.2, 0.25) is 23.5 Å². The molecule has 1 saturated heterocycles. The molecular weight excluding hydrogens is 723 g/mol. The van der Waals surface area contributed by atoms with Gasteiger partial charge in [0.25, 0.3) is 11.8 Å². The van der Waals surface area contributed by atoms with Crippen molar-refractivity contribution in [3.8, 4) is 12.3 Å². The maximum atomic E-state index is 15.1. The predicted molar refractivity (Wildman–Crippen MR) is 215 cm³/mol. The lowest BCUT2D eigenvalue weighted by Gasteiger charge is -2.41. The van der Waals surface area contributed by atoms with Gasteiger partial charge in [-0.25, -0.2) is 4.98 Å². The largest absolute Gasteiger partial charge is 0.346 e. The summed E-state index contributed by atoms with van der Waals surface area (Å²) < 4.78 is 0. The third kappa shape index (κ3) is 10.4. The van der Waals surface area contributed by atoms with E-state index in [1.54, 1.807) is 0 Å². The van der Waals surface area contributed by atoms with Crippen LogP contribution in [0.3, 0.4) is 0 Å². The second-order valence-electron chi connectivity index (χ2n) is 16.0. The number of Topliss-reactive ketones (excluding diaryl/α,β-unsaturated/α-hetero) is 1. The first-order valence-corrected chi connectivity index (χ1v) is 19.9. The van der Waals surface area contributed by atoms with Gasteiger partial charge in [-0.1, -0.05) is 68.2 Å². The number of carbonyl (C=O) groups is 6. The zero-order chi connectivity index (χ0) is 41.1. The number of amides is 5. The van der Waals surface area contributed by atoms with Crippen molar-refractivity contribution >= 4 is 35.3 Å². The van der Waals surface area contributed by atoms with Crippen LogP contribution in [0, 0.1) is 29.6 Å². The molecule has 0 spiro atoms. The summed E-state index contributed by atoms with van der Waals surface area (Å²) in [5, 5.41) is 11.3. The van der Waals surface area contributed by atoms with Crippen LogP contribution in [0.1, 0.15) is 93.8 Å². The average Bonchev–Trinajstić information content (AvgIpc) is 3.83. The Bertz CT molecular complexity index is 1870. The Morgan fingerprint density at radius 1 is 1.02 bits per heavy atom. The molecule has 2 fully saturated rings. The quantitative estimate of drug-likeness (QED) is 0.114. The van der Waals surface area contributed by atoms with Gasteiger partial charge in [-0.15, -0.1) is 18.9 Å². The highest BCUT2D eigenvalue weighted by Crippen LogP contribution is 2.40. The van der Waals surface area contributed by atoms with Crippen molar-refractivity contribution in [1.82, 2.24) is 36.1 Å². The molecule has 302 valence electrons. The molecule has 2 aromatic rings. The molecule has 57 heavy (non-hydrogen) atoms. The number of nitrogens with zero attached hydrogens (tertiary/aromatic N) is 3. The molecule has 1 aliphatic heterocycles. The Kier molecular flexibility index (Phi) is 14.5. The fourth-order valence-electron chi connectivity index (χ4n) is 8.62. The van der Waals surface area contributed by atoms with Crippen molar-refractivity contribution in [3.63, 3.8) is 0 Å². The van der Waals surface area contributed by atoms with Crippen LogP contribution in [0.5, 0.6) is 0 Å². The number of benzene rings is 1. The zero-order valence-corrected chi connectivity index (χ0v) is 33.2. The molecule has 13 nitrogen and oxygen atoms in total. The summed E-state index contributed by atoms with van der Waals surface area (Å²) in [5.74, 6) is -2.08. The van der Waals surface area contributed by atoms with Crippen molar-refractivity contribution in [2.45, 2.75) is 109 Å². The van der Waals surface area contributed by atoms with E-state index >= 15 is 4.79 Å². The molecule has 0 bridgehead atoms. The van der Waals surface area contributed by atoms with Gasteiger partial charge in [-0.05, 0) is 74.8 Å². The Labute approximate surface area is 335 Å². The van der Waals surface area contributed by atoms with Crippen molar-refractivity contribution in [1.29, 1.82) is 0 Å². The molecule has 5 rings (SSSR count). The Morgan fingerprint density at radius 2 is 1.72 bits per heavy atom. The molecule has 5 amide bonds. The summed E-state index contributed by atoms with van der Waals surface area (Å²) in [7, 11) is 0. The van der Waals surface area contributed by atoms with Gasteiger partial charge in [-0.3, -0.25) is 33.8 Å². The van der Waals surface area contributed by atoms with Gasteiger partial charge in [-0.2, -0.15) is 0 Å². The standard InChI is InChI=1S/C44H55N7O6/c1-6-8-16-33(37(52)41(55)47-20-7-2)48-40(54)36-31(24-28(3)4)17-23-51(36)43(57)35(32-25-29-14-10-11-15-30(29)26-32)49-42(56)38(44(5)18-12-9-13-19-44)50-39(53)34-27-45-21-22-46-34/h1,7,10-11,14-15,21-22,24,27,31-33,35-36,38H,2,8-9,12-13,16-20,23,25-26H2,3-5H3,(H,47,55)(H,48,54)(H,49,56)(H,50,53)/t31-,33?,35+,36+,38-/m1/s1. The van der Waals surface area contributed by atoms with Gasteiger partial charge < -0.3 is 26.2 Å². The summed E-state index contributed by atoms with van der Waals surface area (Å²) >= 11 is 0. The van der Waals surface area contributed by atoms with Crippen molar-refractivity contribution in [2.75, 3.05) is 13.1 Å². The SMILES string of the molecule is C#CCCC(NC(=O)[C@@H]1[C@@H](C=C(C)C)CCN1C(=O)[C@@H](NC(=O)[C@@H](NC(=O)c1cnccn1)C1(C)CCCCC1)C1Cc2ccccc2C1)C(=O)C(=O)NCC=C. The minimum atomic E-state index is -1.22. The first-order valence-electron chi connectivity index (χ1n) is 19.9. The molecular formula is C44H55N7O6. The number of carbonyl (C=O) groups excluding carboxylic acids is 6. The Hall–Kier alpha value is -5.64. The number of terminal acetylenes is 1. The number of hydrogen-bond donors (Lipinski definition) is 4. The van der Waals surface area contributed by atoms with Crippen LogP contribution in [-0.4, -0.2) is 87.4 Å². The molecule has 2 heterocycles. The summed E-state index contributed by atoms with van der Waals surface area (Å²) in [6.45, 7) is 9.65. The van der Waals surface area contributed by atoms with E-state index in [1.807, 2.05) is 51.1 Å². The molecule has 4 N–H and O–H groups in total. The van der Waals surface area contributed by atoms with Crippen molar-refractivity contribution < 1.29 is 28.8 Å². The minimum Gasteiger partial charge on any atom is -0.346 e. The molecule has 1 aromatic carbocycles. The van der Waals surface area contributed by atoms with Crippen molar-refractivity contribution in [2.24, 2.45) is 17.3 Å². The molecule has 2 aliphatic carbocycles. The van der Waals surface area contributed by atoms with E-state index in [0.29, 0.717) is 32.1 Å². The van der Waals surface area contributed by atoms with E-state index in [9.17, 15) is 24.0 Å². The molecule has 1 unspecified atom stereocenters. The summed E-state index contributed by atoms with van der Waals surface area (Å²) in [4.78, 5) is 93.5. The normalized spacial score (nSPS) is 20.1. The number of rotatable bonds is 16. The maximum absolute atomic E-state index is 15.1. The fourth-order valence-corrected chi connectivity index (χ4v) is 8.62. The van der Waals surface area contributed by atoms with E-state index in [1.165, 1.54) is 29.6 Å². The summed E-state index contributed by atoms with van der Waals surface area (Å²) in [6.07, 6.45) is 18.9. The third-order valence-corrected chi connectivity index (χ3v) is 11.5. The van der Waals surface area contributed by atoms with Crippen LogP contribution >= 0.6 is 0 Å². The zero-order valence-electron chi connectivity index (χ0n) is 33.2. The molecule has 1 aromatic heterocycles. The molecule has 3 aliphatic rings. The number of hydrogen-bond acceptors (Lipinski definition) is 8. The average molecular weight is 778 g/mol. The highest BCUT2D eigenvalue weighted by molar-refractivity contribution is 6.38. The van der Waals surface area contributed by atoms with Crippen LogP contribution in [0.2, 0.25) is 0 Å². The van der Waals surface area contributed by atoms with E-state index in [4.69, 9.17) is 6.42 Å². The molecule has 1 saturated carbocycles. The number of likely N-dealkylation sites (tertiary alicyclic amines) is 1. The topological polar surface area (TPSA) is 180 Å². The lowest BCUT2D eigenvalue weighted by Crippen LogP contribution is -2.62. The maximum Gasteiger partial charge on any atom is 0.289 e. The van der Waals surface area contributed by atoms with Crippen LogP contribution in [0.25, 0.3) is 0 Å². The number of ketones is 1. The number of aromatic nitrogens is 2. The van der Waals surface area contributed by atoms with Crippen molar-refractivity contribution in [3.05, 3.63) is 84.0 Å². The van der Waals surface area contributed by atoms with Crippen LogP contribution in [0.15, 0.2) is 67.2 Å². The van der Waals surface area contributed by atoms with Gasteiger partial charge >= 0.3 is 0 Å². The molecule has 5 atom stereocenters. The first-order chi connectivity index (χ1) is 27.4. The number of allylic oxidation sites excluding steroid dienone is 1.